The lowest BCUT2D eigenvalue weighted by molar-refractivity contribution is -0.143. The van der Waals surface area contributed by atoms with Gasteiger partial charge in [-0.1, -0.05) is 24.3 Å². The summed E-state index contributed by atoms with van der Waals surface area (Å²) < 4.78 is 37.6. The maximum atomic E-state index is 12.5. The smallest absolute Gasteiger partial charge is 0.353 e. The lowest BCUT2D eigenvalue weighted by Gasteiger charge is -2.20. The van der Waals surface area contributed by atoms with Gasteiger partial charge in [-0.2, -0.15) is 13.2 Å². The quantitative estimate of drug-likeness (QED) is 0.620. The van der Waals surface area contributed by atoms with Gasteiger partial charge in [-0.15, -0.1) is 0 Å². The molecule has 1 heterocycles. The van der Waals surface area contributed by atoms with E-state index in [-0.39, 0.29) is 6.04 Å². The van der Waals surface area contributed by atoms with Crippen molar-refractivity contribution in [3.05, 3.63) is 35.4 Å². The number of benzene rings is 1. The Labute approximate surface area is 152 Å². The summed E-state index contributed by atoms with van der Waals surface area (Å²) >= 11 is 0. The molecule has 0 radical (unpaired) electrons. The Balaban J connectivity index is 1.52. The zero-order chi connectivity index (χ0) is 18.7. The molecule has 2 N–H and O–H groups in total. The van der Waals surface area contributed by atoms with Crippen LogP contribution in [0.1, 0.15) is 36.8 Å². The number of nitrogens with zero attached hydrogens (tertiary/aromatic N) is 2. The number of aliphatic imine (C=N–C) groups is 1. The number of hydrogen-bond donors (Lipinski definition) is 2. The number of hydrogen-bond acceptors (Lipinski definition) is 2. The Kier molecular flexibility index (Phi) is 5.75. The van der Waals surface area contributed by atoms with E-state index in [0.717, 1.165) is 6.42 Å². The van der Waals surface area contributed by atoms with Gasteiger partial charge in [-0.25, -0.2) is 0 Å². The van der Waals surface area contributed by atoms with Crippen molar-refractivity contribution < 1.29 is 13.2 Å². The lowest BCUT2D eigenvalue weighted by atomic mass is 10.0. The Hall–Kier alpha value is -1.76. The maximum absolute atomic E-state index is 12.5. The monoisotopic (exact) mass is 368 g/mol. The molecule has 2 aliphatic rings. The first kappa shape index (κ1) is 19.0. The van der Waals surface area contributed by atoms with Crippen LogP contribution < -0.4 is 10.6 Å². The van der Waals surface area contributed by atoms with Gasteiger partial charge >= 0.3 is 6.18 Å². The highest BCUT2D eigenvalue weighted by Crippen LogP contribution is 2.42. The molecule has 0 spiro atoms. The van der Waals surface area contributed by atoms with Gasteiger partial charge in [0.2, 0.25) is 0 Å². The molecular formula is C19H27F3N4. The van der Waals surface area contributed by atoms with Crippen molar-refractivity contribution >= 4 is 5.96 Å². The van der Waals surface area contributed by atoms with Crippen LogP contribution in [-0.2, 0) is 0 Å². The molecule has 7 heteroatoms. The number of rotatable bonds is 5. The first-order chi connectivity index (χ1) is 12.4. The van der Waals surface area contributed by atoms with E-state index < -0.39 is 12.7 Å². The summed E-state index contributed by atoms with van der Waals surface area (Å²) in [6.45, 7) is 4.74. The van der Waals surface area contributed by atoms with Gasteiger partial charge in [0.25, 0.3) is 0 Å². The van der Waals surface area contributed by atoms with Crippen LogP contribution in [0.2, 0.25) is 0 Å². The molecule has 26 heavy (non-hydrogen) atoms. The molecule has 0 amide bonds. The minimum Gasteiger partial charge on any atom is -0.353 e. The average molecular weight is 368 g/mol. The molecule has 144 valence electrons. The van der Waals surface area contributed by atoms with Crippen molar-refractivity contribution in [3.63, 3.8) is 0 Å². The molecule has 3 unspecified atom stereocenters. The summed E-state index contributed by atoms with van der Waals surface area (Å²) in [5.74, 6) is 1.19. The minimum atomic E-state index is -4.14. The Morgan fingerprint density at radius 1 is 1.27 bits per heavy atom. The van der Waals surface area contributed by atoms with E-state index in [1.807, 2.05) is 13.0 Å². The summed E-state index contributed by atoms with van der Waals surface area (Å²) in [7, 11) is 0. The summed E-state index contributed by atoms with van der Waals surface area (Å²) in [5, 5.41) is 6.78. The zero-order valence-corrected chi connectivity index (χ0v) is 15.3. The number of aryl methyl sites for hydroxylation is 1. The largest absolute Gasteiger partial charge is 0.401 e. The van der Waals surface area contributed by atoms with Crippen LogP contribution in [0.25, 0.3) is 0 Å². The number of alkyl halides is 3. The van der Waals surface area contributed by atoms with Crippen LogP contribution in [0.3, 0.4) is 0 Å². The van der Waals surface area contributed by atoms with Crippen molar-refractivity contribution in [2.75, 3.05) is 26.2 Å². The van der Waals surface area contributed by atoms with Crippen molar-refractivity contribution in [1.82, 2.24) is 15.5 Å². The average Bonchev–Trinajstić information content (AvgIpc) is 3.17. The molecule has 1 aliphatic carbocycles. The molecule has 0 aromatic heterocycles. The summed E-state index contributed by atoms with van der Waals surface area (Å²) in [4.78, 5) is 5.92. The van der Waals surface area contributed by atoms with Gasteiger partial charge in [-0.05, 0) is 37.8 Å². The Morgan fingerprint density at radius 2 is 2.04 bits per heavy atom. The van der Waals surface area contributed by atoms with E-state index in [2.05, 4.69) is 40.7 Å². The highest BCUT2D eigenvalue weighted by atomic mass is 19.4. The van der Waals surface area contributed by atoms with E-state index in [4.69, 9.17) is 0 Å². The third kappa shape index (κ3) is 5.13. The SMILES string of the molecule is CCN=C(NC1CCN(CC(F)(F)F)C1)NC1CC1c1ccccc1C. The van der Waals surface area contributed by atoms with Crippen molar-refractivity contribution in [2.45, 2.75) is 50.9 Å². The number of likely N-dealkylation sites (tertiary alicyclic amines) is 1. The number of nitrogens with one attached hydrogen (secondary N) is 2. The molecular weight excluding hydrogens is 341 g/mol. The van der Waals surface area contributed by atoms with E-state index in [1.165, 1.54) is 16.0 Å². The van der Waals surface area contributed by atoms with Crippen LogP contribution >= 0.6 is 0 Å². The van der Waals surface area contributed by atoms with Crippen molar-refractivity contribution in [1.29, 1.82) is 0 Å². The molecule has 0 bridgehead atoms. The molecule has 1 saturated heterocycles. The second-order valence-corrected chi connectivity index (χ2v) is 7.25. The van der Waals surface area contributed by atoms with Crippen LogP contribution in [0.15, 0.2) is 29.3 Å². The second-order valence-electron chi connectivity index (χ2n) is 7.25. The number of halogens is 3. The summed E-state index contributed by atoms with van der Waals surface area (Å²) in [5.41, 5.74) is 2.65. The fraction of sp³-hybridized carbons (Fsp3) is 0.632. The van der Waals surface area contributed by atoms with Gasteiger partial charge in [0.1, 0.15) is 0 Å². The van der Waals surface area contributed by atoms with E-state index >= 15 is 0 Å². The van der Waals surface area contributed by atoms with Gasteiger partial charge in [0, 0.05) is 37.6 Å². The van der Waals surface area contributed by atoms with Crippen LogP contribution in [-0.4, -0.2) is 55.3 Å². The second kappa shape index (κ2) is 7.86. The number of guanidine groups is 1. The topological polar surface area (TPSA) is 39.7 Å². The molecule has 1 saturated carbocycles. The molecule has 1 aliphatic heterocycles. The zero-order valence-electron chi connectivity index (χ0n) is 15.3. The Morgan fingerprint density at radius 3 is 2.73 bits per heavy atom. The molecule has 1 aromatic rings. The predicted molar refractivity (Wildman–Crippen MR) is 97.5 cm³/mol. The summed E-state index contributed by atoms with van der Waals surface area (Å²) in [6.07, 6.45) is -2.38. The first-order valence-corrected chi connectivity index (χ1v) is 9.28. The van der Waals surface area contributed by atoms with Crippen LogP contribution in [0.4, 0.5) is 13.2 Å². The molecule has 3 rings (SSSR count). The van der Waals surface area contributed by atoms with Crippen molar-refractivity contribution in [3.8, 4) is 0 Å². The third-order valence-electron chi connectivity index (χ3n) is 5.03. The molecule has 2 fully saturated rings. The lowest BCUT2D eigenvalue weighted by Crippen LogP contribution is -2.46. The fourth-order valence-electron chi connectivity index (χ4n) is 3.71. The predicted octanol–water partition coefficient (Wildman–Crippen LogP) is 3.04. The van der Waals surface area contributed by atoms with Crippen molar-refractivity contribution in [2.24, 2.45) is 4.99 Å². The standard InChI is InChI=1S/C19H27F3N4/c1-3-23-18(24-14-8-9-26(11-14)12-19(20,21)22)25-17-10-16(17)15-7-5-4-6-13(15)2/h4-7,14,16-17H,3,8-12H2,1-2H3,(H2,23,24,25). The summed E-state index contributed by atoms with van der Waals surface area (Å²) in [6, 6.07) is 8.73. The van der Waals surface area contributed by atoms with Gasteiger partial charge in [0.05, 0.1) is 6.54 Å². The molecule has 4 nitrogen and oxygen atoms in total. The highest BCUT2D eigenvalue weighted by Gasteiger charge is 2.40. The van der Waals surface area contributed by atoms with Gasteiger partial charge in [-0.3, -0.25) is 9.89 Å². The van der Waals surface area contributed by atoms with Crippen LogP contribution in [0, 0.1) is 6.92 Å². The molecule has 1 aromatic carbocycles. The maximum Gasteiger partial charge on any atom is 0.401 e. The van der Waals surface area contributed by atoms with E-state index in [9.17, 15) is 13.2 Å². The van der Waals surface area contributed by atoms with Crippen LogP contribution in [0.5, 0.6) is 0 Å². The van der Waals surface area contributed by atoms with Gasteiger partial charge < -0.3 is 10.6 Å². The highest BCUT2D eigenvalue weighted by molar-refractivity contribution is 5.81. The Bertz CT molecular complexity index is 644. The minimum absolute atomic E-state index is 0.00538. The van der Waals surface area contributed by atoms with E-state index in [1.54, 1.807) is 0 Å². The third-order valence-corrected chi connectivity index (χ3v) is 5.03. The molecule has 3 atom stereocenters. The normalized spacial score (nSPS) is 26.8. The van der Waals surface area contributed by atoms with Gasteiger partial charge in [0.15, 0.2) is 5.96 Å². The van der Waals surface area contributed by atoms with E-state index in [0.29, 0.717) is 44.0 Å². The first-order valence-electron chi connectivity index (χ1n) is 9.28. The fourth-order valence-corrected chi connectivity index (χ4v) is 3.71.